The number of aldehydes is 1. The SMILES string of the molecule is Cc1cccc(-c2c(C=O)nnn2-c2cccc(C)c2C)c1. The van der Waals surface area contributed by atoms with Gasteiger partial charge in [0.25, 0.3) is 0 Å². The Balaban J connectivity index is 2.28. The second kappa shape index (κ2) is 5.56. The van der Waals surface area contributed by atoms with E-state index in [1.165, 1.54) is 5.56 Å². The fourth-order valence-corrected chi connectivity index (χ4v) is 2.57. The number of carbonyl (C=O) groups is 1. The van der Waals surface area contributed by atoms with Gasteiger partial charge in [0.15, 0.2) is 12.0 Å². The van der Waals surface area contributed by atoms with Crippen LogP contribution in [0, 0.1) is 20.8 Å². The van der Waals surface area contributed by atoms with Gasteiger partial charge in [0.05, 0.1) is 5.69 Å². The molecule has 0 saturated carbocycles. The molecule has 0 N–H and O–H groups in total. The van der Waals surface area contributed by atoms with Crippen LogP contribution in [0.4, 0.5) is 0 Å². The van der Waals surface area contributed by atoms with Crippen molar-refractivity contribution in [2.75, 3.05) is 0 Å². The van der Waals surface area contributed by atoms with Gasteiger partial charge in [-0.1, -0.05) is 41.1 Å². The molecule has 0 atom stereocenters. The molecule has 0 aliphatic carbocycles. The summed E-state index contributed by atoms with van der Waals surface area (Å²) in [6.45, 7) is 6.13. The lowest BCUT2D eigenvalue weighted by Gasteiger charge is -2.12. The number of hydrogen-bond donors (Lipinski definition) is 0. The zero-order valence-corrected chi connectivity index (χ0v) is 12.9. The lowest BCUT2D eigenvalue weighted by atomic mass is 10.1. The zero-order valence-electron chi connectivity index (χ0n) is 12.9. The van der Waals surface area contributed by atoms with Gasteiger partial charge < -0.3 is 0 Å². The largest absolute Gasteiger partial charge is 0.296 e. The normalized spacial score (nSPS) is 10.7. The van der Waals surface area contributed by atoms with E-state index in [0.29, 0.717) is 5.69 Å². The van der Waals surface area contributed by atoms with Crippen LogP contribution < -0.4 is 0 Å². The van der Waals surface area contributed by atoms with E-state index in [-0.39, 0.29) is 0 Å². The van der Waals surface area contributed by atoms with Crippen molar-refractivity contribution in [3.63, 3.8) is 0 Å². The molecule has 0 saturated heterocycles. The second-order valence-corrected chi connectivity index (χ2v) is 5.44. The van der Waals surface area contributed by atoms with Gasteiger partial charge in [-0.15, -0.1) is 5.10 Å². The Morgan fingerprint density at radius 3 is 2.55 bits per heavy atom. The number of aryl methyl sites for hydroxylation is 2. The molecule has 0 aliphatic rings. The number of nitrogens with zero attached hydrogens (tertiary/aromatic N) is 3. The van der Waals surface area contributed by atoms with Gasteiger partial charge in [0.2, 0.25) is 0 Å². The molecule has 0 spiro atoms. The van der Waals surface area contributed by atoms with Crippen LogP contribution in [-0.2, 0) is 0 Å². The summed E-state index contributed by atoms with van der Waals surface area (Å²) >= 11 is 0. The lowest BCUT2D eigenvalue weighted by molar-refractivity contribution is 0.111. The topological polar surface area (TPSA) is 47.8 Å². The zero-order chi connectivity index (χ0) is 15.7. The molecule has 1 aromatic heterocycles. The van der Waals surface area contributed by atoms with Crippen LogP contribution in [-0.4, -0.2) is 21.3 Å². The van der Waals surface area contributed by atoms with Crippen LogP contribution in [0.15, 0.2) is 42.5 Å². The Morgan fingerprint density at radius 2 is 1.82 bits per heavy atom. The molecular formula is C18H17N3O. The van der Waals surface area contributed by atoms with Gasteiger partial charge in [-0.05, 0) is 44.0 Å². The average Bonchev–Trinajstić information content (AvgIpc) is 2.93. The summed E-state index contributed by atoms with van der Waals surface area (Å²) in [7, 11) is 0. The molecule has 0 aliphatic heterocycles. The van der Waals surface area contributed by atoms with Crippen molar-refractivity contribution in [2.24, 2.45) is 0 Å². The van der Waals surface area contributed by atoms with E-state index in [9.17, 15) is 4.79 Å². The fourth-order valence-electron chi connectivity index (χ4n) is 2.57. The monoisotopic (exact) mass is 291 g/mol. The first-order chi connectivity index (χ1) is 10.6. The predicted octanol–water partition coefficient (Wildman–Crippen LogP) is 3.67. The Kier molecular flexibility index (Phi) is 3.59. The van der Waals surface area contributed by atoms with Crippen LogP contribution in [0.5, 0.6) is 0 Å². The van der Waals surface area contributed by atoms with Crippen LogP contribution in [0.2, 0.25) is 0 Å². The van der Waals surface area contributed by atoms with Crippen LogP contribution in [0.25, 0.3) is 16.9 Å². The number of rotatable bonds is 3. The second-order valence-electron chi connectivity index (χ2n) is 5.44. The molecule has 1 heterocycles. The van der Waals surface area contributed by atoms with Crippen molar-refractivity contribution in [2.45, 2.75) is 20.8 Å². The summed E-state index contributed by atoms with van der Waals surface area (Å²) in [6.07, 6.45) is 0.756. The standard InChI is InChI=1S/C18H17N3O/c1-12-6-4-8-15(10-12)18-16(11-22)19-20-21(18)17-9-5-7-13(2)14(17)3/h4-11H,1-3H3. The molecule has 0 fully saturated rings. The third-order valence-electron chi connectivity index (χ3n) is 3.90. The molecule has 0 bridgehead atoms. The average molecular weight is 291 g/mol. The summed E-state index contributed by atoms with van der Waals surface area (Å²) in [4.78, 5) is 11.4. The third kappa shape index (κ3) is 2.33. The number of aromatic nitrogens is 3. The van der Waals surface area contributed by atoms with Gasteiger partial charge in [-0.2, -0.15) is 0 Å². The minimum Gasteiger partial charge on any atom is -0.296 e. The van der Waals surface area contributed by atoms with E-state index in [0.717, 1.165) is 34.4 Å². The van der Waals surface area contributed by atoms with Crippen molar-refractivity contribution in [3.8, 4) is 16.9 Å². The summed E-state index contributed by atoms with van der Waals surface area (Å²) in [6, 6.07) is 14.0. The molecule has 3 rings (SSSR count). The molecule has 22 heavy (non-hydrogen) atoms. The maximum atomic E-state index is 11.4. The summed E-state index contributed by atoms with van der Waals surface area (Å²) in [5, 5.41) is 8.23. The minimum atomic E-state index is 0.353. The molecule has 0 unspecified atom stereocenters. The molecule has 4 heteroatoms. The smallest absolute Gasteiger partial charge is 0.172 e. The Bertz CT molecular complexity index is 849. The Labute approximate surface area is 129 Å². The molecule has 110 valence electrons. The molecule has 0 amide bonds. The first-order valence-electron chi connectivity index (χ1n) is 7.16. The molecule has 2 aromatic carbocycles. The summed E-state index contributed by atoms with van der Waals surface area (Å²) < 4.78 is 1.75. The number of hydrogen-bond acceptors (Lipinski definition) is 3. The highest BCUT2D eigenvalue weighted by molar-refractivity contribution is 5.84. The fraction of sp³-hybridized carbons (Fsp3) is 0.167. The van der Waals surface area contributed by atoms with Gasteiger partial charge in [0.1, 0.15) is 5.69 Å². The van der Waals surface area contributed by atoms with Gasteiger partial charge >= 0.3 is 0 Å². The van der Waals surface area contributed by atoms with Gasteiger partial charge in [-0.3, -0.25) is 4.79 Å². The van der Waals surface area contributed by atoms with Crippen molar-refractivity contribution in [1.82, 2.24) is 15.0 Å². The van der Waals surface area contributed by atoms with E-state index >= 15 is 0 Å². The van der Waals surface area contributed by atoms with Crippen LogP contribution in [0.3, 0.4) is 0 Å². The van der Waals surface area contributed by atoms with Crippen molar-refractivity contribution < 1.29 is 4.79 Å². The molecule has 3 aromatic rings. The maximum absolute atomic E-state index is 11.4. The molecular weight excluding hydrogens is 274 g/mol. The van der Waals surface area contributed by atoms with E-state index in [4.69, 9.17) is 0 Å². The lowest BCUT2D eigenvalue weighted by Crippen LogP contribution is -2.03. The summed E-state index contributed by atoms with van der Waals surface area (Å²) in [5.41, 5.74) is 6.39. The van der Waals surface area contributed by atoms with E-state index in [1.807, 2.05) is 50.2 Å². The maximum Gasteiger partial charge on any atom is 0.172 e. The first kappa shape index (κ1) is 14.2. The van der Waals surface area contributed by atoms with E-state index in [2.05, 4.69) is 23.3 Å². The van der Waals surface area contributed by atoms with E-state index < -0.39 is 0 Å². The van der Waals surface area contributed by atoms with Crippen LogP contribution in [0.1, 0.15) is 27.2 Å². The quantitative estimate of drug-likeness (QED) is 0.692. The Hall–Kier alpha value is -2.75. The van der Waals surface area contributed by atoms with Crippen molar-refractivity contribution in [1.29, 1.82) is 0 Å². The summed E-state index contributed by atoms with van der Waals surface area (Å²) in [5.74, 6) is 0. The van der Waals surface area contributed by atoms with E-state index in [1.54, 1.807) is 4.68 Å². The first-order valence-corrected chi connectivity index (χ1v) is 7.16. The van der Waals surface area contributed by atoms with Crippen molar-refractivity contribution in [3.05, 3.63) is 64.8 Å². The predicted molar refractivity (Wildman–Crippen MR) is 86.4 cm³/mol. The third-order valence-corrected chi connectivity index (χ3v) is 3.90. The molecule has 0 radical (unpaired) electrons. The van der Waals surface area contributed by atoms with Gasteiger partial charge in [0, 0.05) is 5.56 Å². The van der Waals surface area contributed by atoms with Crippen LogP contribution >= 0.6 is 0 Å². The number of benzene rings is 2. The number of carbonyl (C=O) groups excluding carboxylic acids is 1. The highest BCUT2D eigenvalue weighted by Gasteiger charge is 2.17. The minimum absolute atomic E-state index is 0.353. The highest BCUT2D eigenvalue weighted by Crippen LogP contribution is 2.27. The molecule has 4 nitrogen and oxygen atoms in total. The Morgan fingerprint density at radius 1 is 1.05 bits per heavy atom. The highest BCUT2D eigenvalue weighted by atomic mass is 16.1. The van der Waals surface area contributed by atoms with Gasteiger partial charge in [-0.25, -0.2) is 4.68 Å². The van der Waals surface area contributed by atoms with Crippen molar-refractivity contribution >= 4 is 6.29 Å².